The first-order valence-corrected chi connectivity index (χ1v) is 16.7. The van der Waals surface area contributed by atoms with Crippen LogP contribution >= 0.6 is 23.4 Å². The van der Waals surface area contributed by atoms with Gasteiger partial charge in [-0.1, -0.05) is 19.4 Å². The number of aliphatic hydroxyl groups is 1. The topological polar surface area (TPSA) is 54.5 Å². The zero-order valence-corrected chi connectivity index (χ0v) is 25.0. The summed E-state index contributed by atoms with van der Waals surface area (Å²) in [5.74, 6) is 2.20. The molecule has 0 aromatic rings. The Morgan fingerprint density at radius 2 is 1.87 bits per heavy atom. The van der Waals surface area contributed by atoms with E-state index in [0.717, 1.165) is 37.9 Å². The van der Waals surface area contributed by atoms with Gasteiger partial charge in [0, 0.05) is 42.7 Å². The van der Waals surface area contributed by atoms with Gasteiger partial charge in [-0.2, -0.15) is 0 Å². The number of alkyl halides is 1. The molecule has 11 atom stereocenters. The molecular formula is C29H48ClN5O2S. The van der Waals surface area contributed by atoms with Crippen LogP contribution in [0.1, 0.15) is 58.3 Å². The standard InChI is InChI=1S/C29H48ClN5O2S/c1-17(26(36)34-11-13-37-14-12-34)19-15-21-23(16-19)38-27-24(21)25(20-7-5-6-8-22(20)30)32(3)29(9-10-29)28-31-33(4)18(2)35(27)28/h18-28,31,36H,1,5-16H2,2-4H3/t18?,19-,20?,21?,22?,23?,24?,25?,26?,27?,28?/m0/s1. The molecule has 38 heavy (non-hydrogen) atoms. The zero-order chi connectivity index (χ0) is 26.3. The van der Waals surface area contributed by atoms with E-state index in [9.17, 15) is 5.11 Å². The Hall–Kier alpha value is 0.100. The Morgan fingerprint density at radius 1 is 1.13 bits per heavy atom. The first kappa shape index (κ1) is 27.0. The highest BCUT2D eigenvalue weighted by atomic mass is 35.5. The van der Waals surface area contributed by atoms with Crippen LogP contribution in [0.3, 0.4) is 0 Å². The van der Waals surface area contributed by atoms with E-state index in [0.29, 0.717) is 65.9 Å². The second-order valence-electron chi connectivity index (χ2n) is 13.5. The summed E-state index contributed by atoms with van der Waals surface area (Å²) in [4.78, 5) is 7.88. The fraction of sp³-hybridized carbons (Fsp3) is 0.931. The molecule has 214 valence electrons. The fourth-order valence-electron chi connectivity index (χ4n) is 9.45. The van der Waals surface area contributed by atoms with Gasteiger partial charge in [0.1, 0.15) is 6.23 Å². The van der Waals surface area contributed by atoms with Crippen LogP contribution in [0.25, 0.3) is 0 Å². The van der Waals surface area contributed by atoms with Crippen molar-refractivity contribution in [2.24, 2.45) is 23.7 Å². The summed E-state index contributed by atoms with van der Waals surface area (Å²) >= 11 is 9.49. The highest BCUT2D eigenvalue weighted by Gasteiger charge is 2.69. The number of fused-ring (bicyclic) bond motifs is 6. The number of thioether (sulfide) groups is 1. The van der Waals surface area contributed by atoms with E-state index in [2.05, 4.69) is 64.5 Å². The van der Waals surface area contributed by atoms with Gasteiger partial charge in [0.15, 0.2) is 0 Å². The number of nitrogens with zero attached hydrogens (tertiary/aromatic N) is 4. The molecule has 0 bridgehead atoms. The second kappa shape index (κ2) is 10.1. The maximum atomic E-state index is 11.3. The molecule has 7 rings (SSSR count). The Balaban J connectivity index is 1.21. The van der Waals surface area contributed by atoms with Gasteiger partial charge in [0.05, 0.1) is 36.5 Å². The van der Waals surface area contributed by atoms with Crippen molar-refractivity contribution in [3.05, 3.63) is 12.2 Å². The van der Waals surface area contributed by atoms with Gasteiger partial charge in [0.2, 0.25) is 0 Å². The molecule has 4 saturated heterocycles. The molecule has 3 aliphatic carbocycles. The Labute approximate surface area is 238 Å². The van der Waals surface area contributed by atoms with Gasteiger partial charge in [0.25, 0.3) is 0 Å². The van der Waals surface area contributed by atoms with Crippen molar-refractivity contribution in [2.45, 2.75) is 104 Å². The summed E-state index contributed by atoms with van der Waals surface area (Å²) < 4.78 is 5.53. The molecule has 10 unspecified atom stereocenters. The number of halogens is 1. The third-order valence-corrected chi connectivity index (χ3v) is 14.1. The van der Waals surface area contributed by atoms with E-state index >= 15 is 0 Å². The normalized spacial score (nSPS) is 48.4. The predicted molar refractivity (Wildman–Crippen MR) is 154 cm³/mol. The molecule has 0 aromatic carbocycles. The maximum Gasteiger partial charge on any atom is 0.129 e. The number of morpholine rings is 1. The van der Waals surface area contributed by atoms with Crippen LogP contribution in [0.4, 0.5) is 0 Å². The first-order chi connectivity index (χ1) is 18.3. The summed E-state index contributed by atoms with van der Waals surface area (Å²) in [5.41, 5.74) is 5.18. The molecule has 0 aromatic heterocycles. The number of hydrogen-bond donors (Lipinski definition) is 2. The molecule has 7 nitrogen and oxygen atoms in total. The molecule has 4 heterocycles. The summed E-state index contributed by atoms with van der Waals surface area (Å²) in [6.07, 6.45) is 10.1. The molecule has 9 heteroatoms. The quantitative estimate of drug-likeness (QED) is 0.398. The number of likely N-dealkylation sites (N-methyl/N-ethyl adjacent to an activating group) is 1. The van der Waals surface area contributed by atoms with Crippen molar-refractivity contribution in [3.63, 3.8) is 0 Å². The summed E-state index contributed by atoms with van der Waals surface area (Å²) in [6, 6.07) is 0.522. The maximum absolute atomic E-state index is 11.3. The summed E-state index contributed by atoms with van der Waals surface area (Å²) in [6.45, 7) is 9.89. The molecule has 0 amide bonds. The number of rotatable bonds is 4. The lowest BCUT2D eigenvalue weighted by atomic mass is 9.72. The van der Waals surface area contributed by atoms with E-state index in [4.69, 9.17) is 16.3 Å². The monoisotopic (exact) mass is 565 g/mol. The van der Waals surface area contributed by atoms with Crippen LogP contribution < -0.4 is 5.43 Å². The van der Waals surface area contributed by atoms with E-state index < -0.39 is 6.23 Å². The van der Waals surface area contributed by atoms with Gasteiger partial charge >= 0.3 is 0 Å². The van der Waals surface area contributed by atoms with Gasteiger partial charge < -0.3 is 9.84 Å². The number of nitrogens with one attached hydrogen (secondary N) is 1. The minimum absolute atomic E-state index is 0.215. The SMILES string of the molecule is C=C(C(O)N1CCOCC1)[C@@H]1CC2SC3C(C2C1)C(C1CCCCC1Cl)N(C)C1(CC1)C1NN(C)C(C)N31. The largest absolute Gasteiger partial charge is 0.379 e. The van der Waals surface area contributed by atoms with Crippen LogP contribution in [0.5, 0.6) is 0 Å². The number of hydrogen-bond acceptors (Lipinski definition) is 8. The molecule has 3 saturated carbocycles. The predicted octanol–water partition coefficient (Wildman–Crippen LogP) is 3.35. The lowest BCUT2D eigenvalue weighted by Crippen LogP contribution is -2.58. The van der Waals surface area contributed by atoms with Crippen molar-refractivity contribution < 1.29 is 9.84 Å². The molecule has 7 fully saturated rings. The van der Waals surface area contributed by atoms with E-state index in [1.54, 1.807) is 0 Å². The number of ether oxygens (including phenoxy) is 1. The third kappa shape index (κ3) is 4.10. The molecule has 0 radical (unpaired) electrons. The number of aliphatic hydroxyl groups excluding tert-OH is 1. The minimum Gasteiger partial charge on any atom is -0.379 e. The van der Waals surface area contributed by atoms with Crippen LogP contribution in [0.2, 0.25) is 0 Å². The van der Waals surface area contributed by atoms with Crippen molar-refractivity contribution >= 4 is 23.4 Å². The van der Waals surface area contributed by atoms with Crippen LogP contribution in [0, 0.1) is 23.7 Å². The Kier molecular flexibility index (Phi) is 7.19. The average Bonchev–Trinajstić information content (AvgIpc) is 3.42. The highest BCUT2D eigenvalue weighted by Crippen LogP contribution is 2.64. The highest BCUT2D eigenvalue weighted by molar-refractivity contribution is 8.00. The molecule has 4 aliphatic heterocycles. The van der Waals surface area contributed by atoms with E-state index in [1.807, 2.05) is 0 Å². The minimum atomic E-state index is -0.544. The van der Waals surface area contributed by atoms with E-state index in [-0.39, 0.29) is 10.9 Å². The van der Waals surface area contributed by atoms with Crippen LogP contribution in [0.15, 0.2) is 12.2 Å². The van der Waals surface area contributed by atoms with Crippen LogP contribution in [-0.2, 0) is 4.74 Å². The number of hydrazine groups is 1. The fourth-order valence-corrected chi connectivity index (χ4v) is 12.1. The van der Waals surface area contributed by atoms with Crippen molar-refractivity contribution in [1.82, 2.24) is 25.1 Å². The van der Waals surface area contributed by atoms with E-state index in [1.165, 1.54) is 32.1 Å². The second-order valence-corrected chi connectivity index (χ2v) is 15.4. The van der Waals surface area contributed by atoms with Gasteiger partial charge in [-0.05, 0) is 75.8 Å². The molecular weight excluding hydrogens is 518 g/mol. The molecule has 2 N–H and O–H groups in total. The van der Waals surface area contributed by atoms with Crippen molar-refractivity contribution in [2.75, 3.05) is 40.4 Å². The Morgan fingerprint density at radius 3 is 2.58 bits per heavy atom. The van der Waals surface area contributed by atoms with Crippen molar-refractivity contribution in [3.8, 4) is 0 Å². The summed E-state index contributed by atoms with van der Waals surface area (Å²) in [7, 11) is 4.68. The third-order valence-electron chi connectivity index (χ3n) is 11.8. The smallest absolute Gasteiger partial charge is 0.129 e. The van der Waals surface area contributed by atoms with Gasteiger partial charge in [-0.3, -0.25) is 14.7 Å². The van der Waals surface area contributed by atoms with Gasteiger partial charge in [-0.25, -0.2) is 10.4 Å². The summed E-state index contributed by atoms with van der Waals surface area (Å²) in [5, 5.41) is 15.0. The first-order valence-electron chi connectivity index (χ1n) is 15.3. The van der Waals surface area contributed by atoms with Crippen LogP contribution in [-0.4, -0.2) is 111 Å². The van der Waals surface area contributed by atoms with Crippen molar-refractivity contribution in [1.29, 1.82) is 0 Å². The lowest BCUT2D eigenvalue weighted by Gasteiger charge is -2.47. The zero-order valence-electron chi connectivity index (χ0n) is 23.5. The Bertz CT molecular complexity index is 917. The molecule has 1 spiro atoms. The van der Waals surface area contributed by atoms with Gasteiger partial charge in [-0.15, -0.1) is 23.4 Å². The lowest BCUT2D eigenvalue weighted by molar-refractivity contribution is -0.0446. The average molecular weight is 566 g/mol. The molecule has 7 aliphatic rings.